The Hall–Kier alpha value is -3.89. The fourth-order valence-corrected chi connectivity index (χ4v) is 5.69. The molecule has 3 aliphatic rings. The van der Waals surface area contributed by atoms with E-state index in [1.807, 2.05) is 12.2 Å². The van der Waals surface area contributed by atoms with E-state index in [1.54, 1.807) is 52.1 Å². The third-order valence-electron chi connectivity index (χ3n) is 8.10. The molecular formula is C32H44N4O7. The van der Waals surface area contributed by atoms with Crippen LogP contribution in [-0.2, 0) is 30.5 Å². The largest absolute Gasteiger partial charge is 0.459 e. The molecule has 1 aliphatic carbocycles. The molecule has 1 saturated heterocycles. The van der Waals surface area contributed by atoms with Gasteiger partial charge in [0.1, 0.15) is 29.8 Å². The summed E-state index contributed by atoms with van der Waals surface area (Å²) in [6.07, 6.45) is 8.56. The molecule has 0 aromatic heterocycles. The van der Waals surface area contributed by atoms with E-state index in [0.29, 0.717) is 43.4 Å². The van der Waals surface area contributed by atoms with E-state index in [1.165, 1.54) is 4.90 Å². The molecule has 3 N–H and O–H groups in total. The first-order chi connectivity index (χ1) is 20.4. The quantitative estimate of drug-likeness (QED) is 0.349. The molecular weight excluding hydrogens is 552 g/mol. The van der Waals surface area contributed by atoms with E-state index < -0.39 is 41.2 Å². The van der Waals surface area contributed by atoms with Crippen molar-refractivity contribution in [2.24, 2.45) is 5.92 Å². The molecule has 0 bridgehead atoms. The van der Waals surface area contributed by atoms with Crippen molar-refractivity contribution in [3.63, 3.8) is 0 Å². The van der Waals surface area contributed by atoms with Crippen molar-refractivity contribution in [3.8, 4) is 0 Å². The SMILES string of the molecule is CNC(=O)c1ccc(COC(=O)[C@@]23C[C@H]2/C=C\CCCCC[C@H](NC(=O)OC(C)(C)C)C(=O)N2CCC[C@H]2C(=O)N3)cc1. The number of nitrogens with one attached hydrogen (secondary N) is 3. The highest BCUT2D eigenvalue weighted by molar-refractivity contribution is 5.96. The highest BCUT2D eigenvalue weighted by Gasteiger charge is 2.62. The van der Waals surface area contributed by atoms with Gasteiger partial charge < -0.3 is 30.3 Å². The van der Waals surface area contributed by atoms with Crippen LogP contribution in [0, 0.1) is 5.92 Å². The van der Waals surface area contributed by atoms with E-state index in [4.69, 9.17) is 9.47 Å². The molecule has 2 heterocycles. The third-order valence-corrected chi connectivity index (χ3v) is 8.10. The average Bonchev–Trinajstić information content (AvgIpc) is 3.42. The number of ether oxygens (including phenoxy) is 2. The predicted molar refractivity (Wildman–Crippen MR) is 159 cm³/mol. The number of hydrogen-bond acceptors (Lipinski definition) is 7. The summed E-state index contributed by atoms with van der Waals surface area (Å²) in [5.74, 6) is -1.67. The fraction of sp³-hybridized carbons (Fsp3) is 0.594. The van der Waals surface area contributed by atoms with Crippen LogP contribution in [0.15, 0.2) is 36.4 Å². The van der Waals surface area contributed by atoms with Gasteiger partial charge in [-0.25, -0.2) is 9.59 Å². The van der Waals surface area contributed by atoms with E-state index in [9.17, 15) is 24.0 Å². The zero-order valence-corrected chi connectivity index (χ0v) is 25.6. The normalized spacial score (nSPS) is 26.9. The lowest BCUT2D eigenvalue weighted by Gasteiger charge is -2.30. The number of alkyl carbamates (subject to hydrolysis) is 1. The van der Waals surface area contributed by atoms with Crippen molar-refractivity contribution in [3.05, 3.63) is 47.5 Å². The van der Waals surface area contributed by atoms with Gasteiger partial charge in [0.2, 0.25) is 11.8 Å². The van der Waals surface area contributed by atoms with Crippen molar-refractivity contribution in [1.29, 1.82) is 0 Å². The monoisotopic (exact) mass is 596 g/mol. The van der Waals surface area contributed by atoms with Gasteiger partial charge in [-0.1, -0.05) is 37.1 Å². The smallest absolute Gasteiger partial charge is 0.408 e. The van der Waals surface area contributed by atoms with Crippen molar-refractivity contribution < 1.29 is 33.4 Å². The van der Waals surface area contributed by atoms with Crippen LogP contribution in [0.1, 0.15) is 88.1 Å². The van der Waals surface area contributed by atoms with Crippen molar-refractivity contribution in [2.75, 3.05) is 13.6 Å². The van der Waals surface area contributed by atoms with Gasteiger partial charge in [-0.2, -0.15) is 0 Å². The number of carbonyl (C=O) groups is 5. The summed E-state index contributed by atoms with van der Waals surface area (Å²) >= 11 is 0. The maximum Gasteiger partial charge on any atom is 0.408 e. The van der Waals surface area contributed by atoms with Crippen LogP contribution in [-0.4, -0.2) is 71.5 Å². The number of esters is 1. The summed E-state index contributed by atoms with van der Waals surface area (Å²) in [5.41, 5.74) is -0.711. The maximum atomic E-state index is 13.7. The molecule has 1 aromatic rings. The Bertz CT molecular complexity index is 1240. The Morgan fingerprint density at radius 2 is 1.79 bits per heavy atom. The predicted octanol–water partition coefficient (Wildman–Crippen LogP) is 3.37. The van der Waals surface area contributed by atoms with Crippen LogP contribution < -0.4 is 16.0 Å². The number of benzene rings is 1. The first kappa shape index (κ1) is 32.0. The average molecular weight is 597 g/mol. The molecule has 1 aromatic carbocycles. The Labute approximate surface area is 253 Å². The number of allylic oxidation sites excluding steroid dienone is 1. The Kier molecular flexibility index (Phi) is 10.1. The molecule has 11 heteroatoms. The van der Waals surface area contributed by atoms with Gasteiger partial charge in [0.05, 0.1) is 0 Å². The number of carbonyl (C=O) groups excluding carboxylic acids is 5. The number of fused-ring (bicyclic) bond motifs is 2. The number of hydrogen-bond donors (Lipinski definition) is 3. The molecule has 2 fully saturated rings. The highest BCUT2D eigenvalue weighted by atomic mass is 16.6. The van der Waals surface area contributed by atoms with Gasteiger partial charge in [-0.05, 0) is 77.0 Å². The van der Waals surface area contributed by atoms with Gasteiger partial charge in [0.25, 0.3) is 5.91 Å². The fourth-order valence-electron chi connectivity index (χ4n) is 5.69. The topological polar surface area (TPSA) is 143 Å². The molecule has 1 saturated carbocycles. The Morgan fingerprint density at radius 3 is 2.49 bits per heavy atom. The van der Waals surface area contributed by atoms with Crippen molar-refractivity contribution in [1.82, 2.24) is 20.9 Å². The molecule has 11 nitrogen and oxygen atoms in total. The van der Waals surface area contributed by atoms with E-state index in [-0.39, 0.29) is 24.3 Å². The Balaban J connectivity index is 1.48. The summed E-state index contributed by atoms with van der Waals surface area (Å²) in [6.45, 7) is 5.65. The summed E-state index contributed by atoms with van der Waals surface area (Å²) in [7, 11) is 1.56. The highest BCUT2D eigenvalue weighted by Crippen LogP contribution is 2.46. The maximum absolute atomic E-state index is 13.7. The second-order valence-corrected chi connectivity index (χ2v) is 12.6. The van der Waals surface area contributed by atoms with Crippen LogP contribution >= 0.6 is 0 Å². The van der Waals surface area contributed by atoms with Gasteiger partial charge in [-0.15, -0.1) is 0 Å². The van der Waals surface area contributed by atoms with Crippen LogP contribution in [0.4, 0.5) is 4.79 Å². The summed E-state index contributed by atoms with van der Waals surface area (Å²) in [4.78, 5) is 66.8. The molecule has 2 aliphatic heterocycles. The molecule has 4 rings (SSSR count). The summed E-state index contributed by atoms with van der Waals surface area (Å²) in [5, 5.41) is 8.26. The molecule has 43 heavy (non-hydrogen) atoms. The first-order valence-electron chi connectivity index (χ1n) is 15.2. The molecule has 234 valence electrons. The molecule has 0 spiro atoms. The third kappa shape index (κ3) is 8.14. The van der Waals surface area contributed by atoms with Gasteiger partial charge >= 0.3 is 12.1 Å². The van der Waals surface area contributed by atoms with E-state index in [2.05, 4.69) is 16.0 Å². The summed E-state index contributed by atoms with van der Waals surface area (Å²) in [6, 6.07) is 5.19. The zero-order valence-electron chi connectivity index (χ0n) is 25.6. The van der Waals surface area contributed by atoms with Crippen LogP contribution in [0.3, 0.4) is 0 Å². The number of nitrogens with zero attached hydrogens (tertiary/aromatic N) is 1. The van der Waals surface area contributed by atoms with Crippen LogP contribution in [0.5, 0.6) is 0 Å². The van der Waals surface area contributed by atoms with Crippen molar-refractivity contribution in [2.45, 2.75) is 102 Å². The molecule has 4 atom stereocenters. The van der Waals surface area contributed by atoms with E-state index in [0.717, 1.165) is 25.7 Å². The van der Waals surface area contributed by atoms with Gasteiger partial charge in [-0.3, -0.25) is 14.4 Å². The lowest BCUT2D eigenvalue weighted by molar-refractivity contribution is -0.151. The minimum atomic E-state index is -1.21. The first-order valence-corrected chi connectivity index (χ1v) is 15.2. The molecule has 0 unspecified atom stereocenters. The Morgan fingerprint density at radius 1 is 1.05 bits per heavy atom. The van der Waals surface area contributed by atoms with E-state index >= 15 is 0 Å². The van der Waals surface area contributed by atoms with Gasteiger partial charge in [0.15, 0.2) is 0 Å². The zero-order chi connectivity index (χ0) is 31.2. The second kappa shape index (κ2) is 13.6. The van der Waals surface area contributed by atoms with Crippen LogP contribution in [0.25, 0.3) is 0 Å². The second-order valence-electron chi connectivity index (χ2n) is 12.6. The minimum Gasteiger partial charge on any atom is -0.459 e. The number of amides is 4. The summed E-state index contributed by atoms with van der Waals surface area (Å²) < 4.78 is 11.1. The van der Waals surface area contributed by atoms with Crippen molar-refractivity contribution >= 4 is 29.8 Å². The lowest BCUT2D eigenvalue weighted by Crippen LogP contribution is -2.56. The standard InChI is InChI=1S/C32H44N4O7/c1-31(2,3)43-30(41)34-24-12-9-7-5-6-8-11-23-19-32(23,35-27(38)25-13-10-18-36(25)28(24)39)29(40)42-20-21-14-16-22(17-15-21)26(37)33-4/h8,11,14-17,23-25H,5-7,9-10,12-13,18-20H2,1-4H3,(H,33,37)(H,34,41)(H,35,38)/b11-8-/t23-,24+,25+,32-/m1/s1. The van der Waals surface area contributed by atoms with Gasteiger partial charge in [0, 0.05) is 25.1 Å². The molecule has 0 radical (unpaired) electrons. The minimum absolute atomic E-state index is 0.00698. The number of rotatable bonds is 5. The lowest BCUT2D eigenvalue weighted by atomic mass is 10.0. The molecule has 4 amide bonds. The van der Waals surface area contributed by atoms with Crippen LogP contribution in [0.2, 0.25) is 0 Å².